The molecule has 0 amide bonds. The van der Waals surface area contributed by atoms with Gasteiger partial charge >= 0.3 is 42.8 Å². The van der Waals surface area contributed by atoms with E-state index < -0.39 is 65.5 Å². The Balaban J connectivity index is 5.07. The lowest BCUT2D eigenvalue weighted by molar-refractivity contribution is 0.00638. The van der Waals surface area contributed by atoms with Crippen molar-refractivity contribution < 1.29 is 39.6 Å². The Bertz CT molecular complexity index is 735. The minimum absolute atomic E-state index is 0.150. The van der Waals surface area contributed by atoms with Gasteiger partial charge in [-0.25, -0.2) is 0 Å². The molecule has 0 aromatic carbocycles. The molecule has 16 heteroatoms. The summed E-state index contributed by atoms with van der Waals surface area (Å²) in [5.74, 6) is 0. The Kier molecular flexibility index (Phi) is 16.9. The molecular formula is C24H64O9Si7. The van der Waals surface area contributed by atoms with Crippen LogP contribution in [0.3, 0.4) is 0 Å². The van der Waals surface area contributed by atoms with Crippen LogP contribution in [0.1, 0.15) is 26.2 Å². The molecule has 2 N–H and O–H groups in total. The van der Waals surface area contributed by atoms with Gasteiger partial charge in [0, 0.05) is 6.61 Å². The third kappa shape index (κ3) is 20.2. The van der Waals surface area contributed by atoms with Crippen LogP contribution in [-0.4, -0.2) is 95.6 Å². The monoisotopic (exact) mass is 692 g/mol. The van der Waals surface area contributed by atoms with Crippen molar-refractivity contribution >= 4 is 59.4 Å². The van der Waals surface area contributed by atoms with Gasteiger partial charge in [0.15, 0.2) is 16.6 Å². The summed E-state index contributed by atoms with van der Waals surface area (Å²) < 4.78 is 45.6. The lowest BCUT2D eigenvalue weighted by Gasteiger charge is -2.44. The van der Waals surface area contributed by atoms with Crippen LogP contribution in [0.5, 0.6) is 0 Å². The van der Waals surface area contributed by atoms with E-state index in [1.165, 1.54) is 12.8 Å². The first-order chi connectivity index (χ1) is 17.8. The van der Waals surface area contributed by atoms with E-state index >= 15 is 0 Å². The maximum Gasteiger partial charge on any atom is 0.314 e. The summed E-state index contributed by atoms with van der Waals surface area (Å²) in [5, 5.41) is 18.3. The third-order valence-electron chi connectivity index (χ3n) is 5.73. The van der Waals surface area contributed by atoms with E-state index in [0.717, 1.165) is 18.5 Å². The van der Waals surface area contributed by atoms with E-state index in [4.69, 9.17) is 34.5 Å². The Hall–Kier alpha value is 1.16. The Morgan fingerprint density at radius 2 is 0.850 bits per heavy atom. The third-order valence-corrected chi connectivity index (χ3v) is 32.9. The average Bonchev–Trinajstić information content (AvgIpc) is 2.65. The van der Waals surface area contributed by atoms with Crippen LogP contribution in [0.25, 0.3) is 0 Å². The first-order valence-electron chi connectivity index (χ1n) is 14.8. The van der Waals surface area contributed by atoms with E-state index in [9.17, 15) is 5.11 Å². The fraction of sp³-hybridized carbons (Fsp3) is 1.00. The van der Waals surface area contributed by atoms with Crippen LogP contribution in [0.2, 0.25) is 104 Å². The summed E-state index contributed by atoms with van der Waals surface area (Å²) in [7, 11) is -16.3. The first-order valence-corrected chi connectivity index (χ1v) is 35.1. The highest BCUT2D eigenvalue weighted by Crippen LogP contribution is 2.30. The molecule has 0 radical (unpaired) electrons. The quantitative estimate of drug-likeness (QED) is 0.0964. The van der Waals surface area contributed by atoms with Gasteiger partial charge in [-0.1, -0.05) is 19.8 Å². The SMILES string of the molecule is CCCC[Si](C)(C)O[Si](C)(C)O[Si](C)(C)O[Si](C)(C)O[Si](C)(C)O[Si](C)(C)O[Si](C)(C)CCCOCC(O)CO. The maximum absolute atomic E-state index is 9.41. The van der Waals surface area contributed by atoms with Gasteiger partial charge in [-0.15, -0.1) is 0 Å². The minimum Gasteiger partial charge on any atom is -0.436 e. The molecule has 0 aliphatic rings. The zero-order chi connectivity index (χ0) is 31.7. The van der Waals surface area contributed by atoms with Crippen molar-refractivity contribution in [1.29, 1.82) is 0 Å². The number of ether oxygens (including phenoxy) is 1. The molecular weight excluding hydrogens is 629 g/mol. The molecule has 242 valence electrons. The van der Waals surface area contributed by atoms with Crippen molar-refractivity contribution in [1.82, 2.24) is 0 Å². The molecule has 0 fully saturated rings. The maximum atomic E-state index is 9.41. The molecule has 0 aromatic heterocycles. The summed E-state index contributed by atoms with van der Waals surface area (Å²) in [6.45, 7) is 32.6. The summed E-state index contributed by atoms with van der Waals surface area (Å²) >= 11 is 0. The predicted molar refractivity (Wildman–Crippen MR) is 182 cm³/mol. The van der Waals surface area contributed by atoms with Gasteiger partial charge < -0.3 is 39.6 Å². The highest BCUT2D eigenvalue weighted by molar-refractivity contribution is 6.92. The highest BCUT2D eigenvalue weighted by Gasteiger charge is 2.48. The first kappa shape index (κ1) is 41.2. The molecule has 1 atom stereocenters. The van der Waals surface area contributed by atoms with Crippen LogP contribution in [0, 0.1) is 0 Å². The summed E-state index contributed by atoms with van der Waals surface area (Å²) in [5.41, 5.74) is 0. The number of hydrogen-bond donors (Lipinski definition) is 2. The molecule has 0 bridgehead atoms. The minimum atomic E-state index is -2.58. The van der Waals surface area contributed by atoms with Crippen LogP contribution < -0.4 is 0 Å². The fourth-order valence-corrected chi connectivity index (χ4v) is 40.7. The Morgan fingerprint density at radius 3 is 1.18 bits per heavy atom. The zero-order valence-electron chi connectivity index (χ0n) is 28.5. The second kappa shape index (κ2) is 16.5. The lowest BCUT2D eigenvalue weighted by atomic mass is 10.4. The lowest BCUT2D eigenvalue weighted by Crippen LogP contribution is -2.60. The van der Waals surface area contributed by atoms with Crippen molar-refractivity contribution in [2.75, 3.05) is 19.8 Å². The van der Waals surface area contributed by atoms with Crippen molar-refractivity contribution in [2.45, 2.75) is 136 Å². The summed E-state index contributed by atoms with van der Waals surface area (Å²) in [4.78, 5) is 0. The van der Waals surface area contributed by atoms with Crippen LogP contribution in [-0.2, 0) is 29.4 Å². The second-order valence-corrected chi connectivity index (χ2v) is 41.2. The van der Waals surface area contributed by atoms with E-state index in [-0.39, 0.29) is 13.2 Å². The predicted octanol–water partition coefficient (Wildman–Crippen LogP) is 6.57. The van der Waals surface area contributed by atoms with E-state index in [0.29, 0.717) is 6.61 Å². The van der Waals surface area contributed by atoms with Gasteiger partial charge in [0.1, 0.15) is 6.10 Å². The molecule has 0 saturated heterocycles. The van der Waals surface area contributed by atoms with E-state index in [1.54, 1.807) is 0 Å². The molecule has 0 aliphatic heterocycles. The number of rotatable bonds is 22. The molecule has 40 heavy (non-hydrogen) atoms. The zero-order valence-corrected chi connectivity index (χ0v) is 35.5. The second-order valence-electron chi connectivity index (χ2n) is 14.2. The topological polar surface area (TPSA) is 105 Å². The number of unbranched alkanes of at least 4 members (excludes halogenated alkanes) is 1. The molecule has 0 rings (SSSR count). The van der Waals surface area contributed by atoms with Gasteiger partial charge in [-0.05, 0) is 110 Å². The number of hydrogen-bond acceptors (Lipinski definition) is 9. The van der Waals surface area contributed by atoms with Gasteiger partial charge in [0.25, 0.3) is 0 Å². The van der Waals surface area contributed by atoms with Crippen LogP contribution in [0.15, 0.2) is 0 Å². The van der Waals surface area contributed by atoms with Gasteiger partial charge in [-0.3, -0.25) is 0 Å². The number of aliphatic hydroxyl groups is 2. The van der Waals surface area contributed by atoms with Crippen LogP contribution in [0.4, 0.5) is 0 Å². The van der Waals surface area contributed by atoms with Gasteiger partial charge in [-0.2, -0.15) is 0 Å². The van der Waals surface area contributed by atoms with Crippen molar-refractivity contribution in [3.05, 3.63) is 0 Å². The van der Waals surface area contributed by atoms with E-state index in [2.05, 4.69) is 98.6 Å². The van der Waals surface area contributed by atoms with Crippen molar-refractivity contribution in [2.24, 2.45) is 0 Å². The molecule has 1 unspecified atom stereocenters. The summed E-state index contributed by atoms with van der Waals surface area (Å²) in [6.07, 6.45) is 2.40. The highest BCUT2D eigenvalue weighted by atomic mass is 28.5. The van der Waals surface area contributed by atoms with Crippen LogP contribution >= 0.6 is 0 Å². The average molecular weight is 693 g/mol. The fourth-order valence-electron chi connectivity index (χ4n) is 5.38. The van der Waals surface area contributed by atoms with Crippen molar-refractivity contribution in [3.8, 4) is 0 Å². The largest absolute Gasteiger partial charge is 0.436 e. The molecule has 0 spiro atoms. The Labute approximate surface area is 254 Å². The standard InChI is InChI=1S/C24H64O9Si7/c1-16-17-20-34(2,3)28-36(6,7)30-38(10,11)32-40(14,15)33-39(12,13)31-37(8,9)29-35(4,5)21-18-19-27-23-24(26)22-25/h24-26H,16-23H2,1-15H3. The number of aliphatic hydroxyl groups excluding tert-OH is 2. The molecule has 0 aromatic rings. The van der Waals surface area contributed by atoms with E-state index in [1.807, 2.05) is 0 Å². The normalized spacial score (nSPS) is 15.5. The Morgan fingerprint density at radius 1 is 0.525 bits per heavy atom. The molecule has 0 aliphatic carbocycles. The smallest absolute Gasteiger partial charge is 0.314 e. The summed E-state index contributed by atoms with van der Waals surface area (Å²) in [6, 6.07) is 2.07. The molecule has 9 nitrogen and oxygen atoms in total. The van der Waals surface area contributed by atoms with Gasteiger partial charge in [0.2, 0.25) is 0 Å². The van der Waals surface area contributed by atoms with Crippen molar-refractivity contribution in [3.63, 3.8) is 0 Å². The van der Waals surface area contributed by atoms with Gasteiger partial charge in [0.05, 0.1) is 13.2 Å². The molecule has 0 heterocycles. The molecule has 0 saturated carbocycles.